The minimum atomic E-state index is 0.176. The number of benzene rings is 1. The topological polar surface area (TPSA) is 38.0 Å². The van der Waals surface area contributed by atoms with E-state index in [-0.39, 0.29) is 6.04 Å². The molecule has 0 bridgehead atoms. The van der Waals surface area contributed by atoms with Gasteiger partial charge in [-0.3, -0.25) is 11.3 Å². The third-order valence-electron chi connectivity index (χ3n) is 2.43. The summed E-state index contributed by atoms with van der Waals surface area (Å²) in [4.78, 5) is 0. The Hall–Kier alpha value is -0.220. The number of hydrogen-bond acceptors (Lipinski definition) is 3. The Labute approximate surface area is 107 Å². The molecule has 1 atom stereocenters. The molecule has 1 aromatic rings. The van der Waals surface area contributed by atoms with Crippen LogP contribution in [0.5, 0.6) is 0 Å². The predicted molar refractivity (Wildman–Crippen MR) is 73.9 cm³/mol. The van der Waals surface area contributed by atoms with Crippen LogP contribution in [0.3, 0.4) is 0 Å². The molecule has 0 aliphatic rings. The molecule has 0 saturated heterocycles. The van der Waals surface area contributed by atoms with Crippen LogP contribution >= 0.6 is 23.4 Å². The molecule has 2 nitrogen and oxygen atoms in total. The highest BCUT2D eigenvalue weighted by molar-refractivity contribution is 7.99. The summed E-state index contributed by atoms with van der Waals surface area (Å²) in [7, 11) is 0. The van der Waals surface area contributed by atoms with E-state index in [4.69, 9.17) is 17.4 Å². The number of rotatable bonds is 6. The molecule has 1 unspecified atom stereocenters. The van der Waals surface area contributed by atoms with Gasteiger partial charge in [0.15, 0.2) is 0 Å². The van der Waals surface area contributed by atoms with Crippen molar-refractivity contribution in [1.29, 1.82) is 0 Å². The summed E-state index contributed by atoms with van der Waals surface area (Å²) in [5, 5.41) is 0.804. The number of hydrazine groups is 1. The van der Waals surface area contributed by atoms with E-state index >= 15 is 0 Å². The van der Waals surface area contributed by atoms with Gasteiger partial charge in [-0.15, -0.1) is 0 Å². The molecule has 0 aliphatic heterocycles. The number of thioether (sulfide) groups is 1. The van der Waals surface area contributed by atoms with Gasteiger partial charge in [0.25, 0.3) is 0 Å². The molecule has 0 aliphatic carbocycles. The molecule has 0 aromatic heterocycles. The first-order chi connectivity index (χ1) is 7.69. The fraction of sp³-hybridized carbons (Fsp3) is 0.500. The molecule has 0 saturated carbocycles. The van der Waals surface area contributed by atoms with Gasteiger partial charge in [0, 0.05) is 10.8 Å². The summed E-state index contributed by atoms with van der Waals surface area (Å²) in [6, 6.07) is 6.29. The SMILES string of the molecule is CCCSCC(NN)c1ccc(C)c(Cl)c1. The van der Waals surface area contributed by atoms with Crippen LogP contribution in [-0.2, 0) is 0 Å². The molecular weight excluding hydrogens is 240 g/mol. The van der Waals surface area contributed by atoms with Gasteiger partial charge in [-0.1, -0.05) is 30.7 Å². The zero-order valence-electron chi connectivity index (χ0n) is 9.79. The normalized spacial score (nSPS) is 12.8. The van der Waals surface area contributed by atoms with E-state index in [1.165, 1.54) is 6.42 Å². The second kappa shape index (κ2) is 7.17. The van der Waals surface area contributed by atoms with E-state index in [0.29, 0.717) is 0 Å². The maximum Gasteiger partial charge on any atom is 0.0550 e. The average molecular weight is 259 g/mol. The number of hydrogen-bond donors (Lipinski definition) is 2. The van der Waals surface area contributed by atoms with Gasteiger partial charge in [-0.05, 0) is 36.3 Å². The smallest absolute Gasteiger partial charge is 0.0550 e. The van der Waals surface area contributed by atoms with Gasteiger partial charge in [-0.25, -0.2) is 0 Å². The number of nitrogens with one attached hydrogen (secondary N) is 1. The summed E-state index contributed by atoms with van der Waals surface area (Å²) >= 11 is 8.01. The molecule has 0 radical (unpaired) electrons. The van der Waals surface area contributed by atoms with Gasteiger partial charge in [0.05, 0.1) is 6.04 Å². The van der Waals surface area contributed by atoms with Crippen molar-refractivity contribution in [3.63, 3.8) is 0 Å². The summed E-state index contributed by atoms with van der Waals surface area (Å²) in [5.41, 5.74) is 5.10. The lowest BCUT2D eigenvalue weighted by atomic mass is 10.1. The second-order valence-electron chi connectivity index (χ2n) is 3.80. The summed E-state index contributed by atoms with van der Waals surface area (Å²) < 4.78 is 0. The number of halogens is 1. The molecule has 3 N–H and O–H groups in total. The number of nitrogens with two attached hydrogens (primary N) is 1. The molecule has 90 valence electrons. The van der Waals surface area contributed by atoms with Crippen molar-refractivity contribution in [3.8, 4) is 0 Å². The molecule has 16 heavy (non-hydrogen) atoms. The first-order valence-electron chi connectivity index (χ1n) is 5.49. The Morgan fingerprint density at radius 1 is 1.50 bits per heavy atom. The Bertz CT molecular complexity index is 331. The number of aryl methyl sites for hydroxylation is 1. The minimum Gasteiger partial charge on any atom is -0.271 e. The maximum absolute atomic E-state index is 6.10. The lowest BCUT2D eigenvalue weighted by Crippen LogP contribution is -2.29. The van der Waals surface area contributed by atoms with Crippen molar-refractivity contribution in [2.75, 3.05) is 11.5 Å². The highest BCUT2D eigenvalue weighted by Crippen LogP contribution is 2.23. The highest BCUT2D eigenvalue weighted by Gasteiger charge is 2.10. The van der Waals surface area contributed by atoms with Crippen molar-refractivity contribution in [1.82, 2.24) is 5.43 Å². The Balaban J connectivity index is 2.67. The minimum absolute atomic E-state index is 0.176. The van der Waals surface area contributed by atoms with Gasteiger partial charge >= 0.3 is 0 Å². The third-order valence-corrected chi connectivity index (χ3v) is 4.11. The van der Waals surface area contributed by atoms with Crippen LogP contribution in [0.4, 0.5) is 0 Å². The van der Waals surface area contributed by atoms with Crippen LogP contribution in [0.25, 0.3) is 0 Å². The van der Waals surface area contributed by atoms with Crippen LogP contribution in [-0.4, -0.2) is 11.5 Å². The zero-order chi connectivity index (χ0) is 12.0. The van der Waals surface area contributed by atoms with Crippen LogP contribution in [0, 0.1) is 6.92 Å². The average Bonchev–Trinajstić information content (AvgIpc) is 2.29. The Kier molecular flexibility index (Phi) is 6.21. The van der Waals surface area contributed by atoms with E-state index in [1.807, 2.05) is 30.8 Å². The monoisotopic (exact) mass is 258 g/mol. The van der Waals surface area contributed by atoms with Gasteiger partial charge in [0.2, 0.25) is 0 Å². The Morgan fingerprint density at radius 3 is 2.81 bits per heavy atom. The summed E-state index contributed by atoms with van der Waals surface area (Å²) in [6.07, 6.45) is 1.19. The molecule has 0 amide bonds. The molecule has 4 heteroatoms. The molecule has 0 spiro atoms. The van der Waals surface area contributed by atoms with Gasteiger partial charge < -0.3 is 0 Å². The van der Waals surface area contributed by atoms with Crippen LogP contribution in [0.15, 0.2) is 18.2 Å². The van der Waals surface area contributed by atoms with Crippen LogP contribution < -0.4 is 11.3 Å². The van der Waals surface area contributed by atoms with E-state index in [1.54, 1.807) is 0 Å². The van der Waals surface area contributed by atoms with Gasteiger partial charge in [-0.2, -0.15) is 11.8 Å². The fourth-order valence-corrected chi connectivity index (χ4v) is 2.58. The predicted octanol–water partition coefficient (Wildman–Crippen LogP) is 3.30. The lowest BCUT2D eigenvalue weighted by Gasteiger charge is -2.16. The molecule has 1 aromatic carbocycles. The first kappa shape index (κ1) is 13.8. The largest absolute Gasteiger partial charge is 0.271 e. The lowest BCUT2D eigenvalue weighted by molar-refractivity contribution is 0.610. The molecule has 0 heterocycles. The van der Waals surface area contributed by atoms with Crippen molar-refractivity contribution in [2.45, 2.75) is 26.3 Å². The van der Waals surface area contributed by atoms with Crippen LogP contribution in [0.2, 0.25) is 5.02 Å². The zero-order valence-corrected chi connectivity index (χ0v) is 11.4. The summed E-state index contributed by atoms with van der Waals surface area (Å²) in [5.74, 6) is 7.71. The first-order valence-corrected chi connectivity index (χ1v) is 7.02. The van der Waals surface area contributed by atoms with Gasteiger partial charge in [0.1, 0.15) is 0 Å². The Morgan fingerprint density at radius 2 is 2.25 bits per heavy atom. The standard InChI is InChI=1S/C12H19ClN2S/c1-3-6-16-8-12(15-14)10-5-4-9(2)11(13)7-10/h4-5,7,12,15H,3,6,8,14H2,1-2H3. The molecular formula is C12H19ClN2S. The van der Waals surface area contributed by atoms with Crippen LogP contribution in [0.1, 0.15) is 30.5 Å². The quantitative estimate of drug-likeness (QED) is 0.467. The van der Waals surface area contributed by atoms with Crippen molar-refractivity contribution in [2.24, 2.45) is 5.84 Å². The van der Waals surface area contributed by atoms with E-state index in [9.17, 15) is 0 Å². The van der Waals surface area contributed by atoms with Crippen molar-refractivity contribution in [3.05, 3.63) is 34.3 Å². The van der Waals surface area contributed by atoms with E-state index < -0.39 is 0 Å². The second-order valence-corrected chi connectivity index (χ2v) is 5.36. The van der Waals surface area contributed by atoms with E-state index in [2.05, 4.69) is 18.4 Å². The fourth-order valence-electron chi connectivity index (χ4n) is 1.41. The third kappa shape index (κ3) is 3.98. The van der Waals surface area contributed by atoms with Crippen molar-refractivity contribution >= 4 is 23.4 Å². The molecule has 1 rings (SSSR count). The van der Waals surface area contributed by atoms with E-state index in [0.717, 1.165) is 27.7 Å². The van der Waals surface area contributed by atoms with Crippen molar-refractivity contribution < 1.29 is 0 Å². The summed E-state index contributed by atoms with van der Waals surface area (Å²) in [6.45, 7) is 4.18. The maximum atomic E-state index is 6.10. The molecule has 0 fully saturated rings. The highest BCUT2D eigenvalue weighted by atomic mass is 35.5.